The first kappa shape index (κ1) is 15.8. The zero-order chi connectivity index (χ0) is 15.2. The van der Waals surface area contributed by atoms with E-state index in [9.17, 15) is 4.39 Å². The van der Waals surface area contributed by atoms with Crippen molar-refractivity contribution in [3.05, 3.63) is 64.4 Å². The summed E-state index contributed by atoms with van der Waals surface area (Å²) in [6.07, 6.45) is 0.751. The number of halogens is 2. The van der Waals surface area contributed by atoms with Gasteiger partial charge in [-0.3, -0.25) is 0 Å². The Bertz CT molecular complexity index is 586. The second kappa shape index (κ2) is 7.43. The maximum atomic E-state index is 13.9. The van der Waals surface area contributed by atoms with E-state index >= 15 is 0 Å². The fraction of sp³-hybridized carbons (Fsp3) is 0.294. The molecular weight excluding hydrogens is 289 g/mol. The average Bonchev–Trinajstić information content (AvgIpc) is 2.49. The Morgan fingerprint density at radius 1 is 1.19 bits per heavy atom. The van der Waals surface area contributed by atoms with Gasteiger partial charge in [-0.05, 0) is 55.3 Å². The molecule has 2 rings (SSSR count). The number of hydrogen-bond acceptors (Lipinski definition) is 2. The summed E-state index contributed by atoms with van der Waals surface area (Å²) in [4.78, 5) is 0. The summed E-state index contributed by atoms with van der Waals surface area (Å²) < 4.78 is 19.2. The van der Waals surface area contributed by atoms with E-state index in [4.69, 9.17) is 22.1 Å². The minimum Gasteiger partial charge on any atom is -0.491 e. The fourth-order valence-corrected chi connectivity index (χ4v) is 2.41. The molecule has 112 valence electrons. The van der Waals surface area contributed by atoms with Gasteiger partial charge >= 0.3 is 0 Å². The summed E-state index contributed by atoms with van der Waals surface area (Å²) in [6, 6.07) is 12.7. The molecule has 2 nitrogen and oxygen atoms in total. The third-order valence-corrected chi connectivity index (χ3v) is 3.66. The maximum absolute atomic E-state index is 13.9. The van der Waals surface area contributed by atoms with Gasteiger partial charge in [-0.15, -0.1) is 0 Å². The first-order valence-electron chi connectivity index (χ1n) is 7.00. The van der Waals surface area contributed by atoms with Crippen LogP contribution in [0.25, 0.3) is 0 Å². The molecule has 0 spiro atoms. The maximum Gasteiger partial charge on any atom is 0.165 e. The minimum absolute atomic E-state index is 0.0661. The van der Waals surface area contributed by atoms with Crippen LogP contribution in [0.15, 0.2) is 42.5 Å². The van der Waals surface area contributed by atoms with E-state index in [0.717, 1.165) is 17.5 Å². The molecule has 0 aromatic heterocycles. The van der Waals surface area contributed by atoms with Crippen molar-refractivity contribution in [2.45, 2.75) is 19.3 Å². The number of hydrogen-bond donors (Lipinski definition) is 1. The molecule has 0 heterocycles. The third kappa shape index (κ3) is 4.19. The summed E-state index contributed by atoms with van der Waals surface area (Å²) in [7, 11) is 0. The highest BCUT2D eigenvalue weighted by atomic mass is 35.5. The Hall–Kier alpha value is -1.58. The molecule has 0 saturated carbocycles. The summed E-state index contributed by atoms with van der Waals surface area (Å²) in [5.41, 5.74) is 7.86. The molecule has 0 aliphatic carbocycles. The van der Waals surface area contributed by atoms with Crippen LogP contribution < -0.4 is 10.5 Å². The van der Waals surface area contributed by atoms with Crippen molar-refractivity contribution in [3.63, 3.8) is 0 Å². The SMILES string of the molecule is CCOc1ccc(C(CN)Cc2ccc(Cl)cc2)cc1F. The van der Waals surface area contributed by atoms with E-state index in [-0.39, 0.29) is 17.5 Å². The molecule has 1 atom stereocenters. The van der Waals surface area contributed by atoms with Crippen LogP contribution in [-0.2, 0) is 6.42 Å². The standard InChI is InChI=1S/C17H19ClFNO/c1-2-21-17-8-5-13(10-16(17)19)14(11-20)9-12-3-6-15(18)7-4-12/h3-8,10,14H,2,9,11,20H2,1H3. The molecule has 2 aromatic carbocycles. The molecule has 0 bridgehead atoms. The van der Waals surface area contributed by atoms with Gasteiger partial charge in [0.05, 0.1) is 6.61 Å². The molecule has 21 heavy (non-hydrogen) atoms. The average molecular weight is 308 g/mol. The van der Waals surface area contributed by atoms with Crippen molar-refractivity contribution in [1.82, 2.24) is 0 Å². The molecule has 0 fully saturated rings. The van der Waals surface area contributed by atoms with Gasteiger partial charge in [0.2, 0.25) is 0 Å². The van der Waals surface area contributed by atoms with Crippen molar-refractivity contribution in [2.75, 3.05) is 13.2 Å². The molecular formula is C17H19ClFNO. The highest BCUT2D eigenvalue weighted by Gasteiger charge is 2.13. The lowest BCUT2D eigenvalue weighted by Gasteiger charge is -2.16. The fourth-order valence-electron chi connectivity index (χ4n) is 2.29. The van der Waals surface area contributed by atoms with E-state index in [1.54, 1.807) is 6.07 Å². The highest BCUT2D eigenvalue weighted by Crippen LogP contribution is 2.26. The number of ether oxygens (including phenoxy) is 1. The van der Waals surface area contributed by atoms with E-state index in [0.29, 0.717) is 18.2 Å². The largest absolute Gasteiger partial charge is 0.491 e. The van der Waals surface area contributed by atoms with E-state index in [2.05, 4.69) is 0 Å². The van der Waals surface area contributed by atoms with Crippen LogP contribution in [0.1, 0.15) is 24.0 Å². The minimum atomic E-state index is -0.344. The van der Waals surface area contributed by atoms with Gasteiger partial charge in [0, 0.05) is 10.9 Å². The van der Waals surface area contributed by atoms with E-state index in [1.807, 2.05) is 37.3 Å². The summed E-state index contributed by atoms with van der Waals surface area (Å²) >= 11 is 5.88. The van der Waals surface area contributed by atoms with Gasteiger partial charge in [-0.1, -0.05) is 29.8 Å². The Morgan fingerprint density at radius 3 is 2.48 bits per heavy atom. The number of benzene rings is 2. The van der Waals surface area contributed by atoms with Crippen molar-refractivity contribution in [1.29, 1.82) is 0 Å². The highest BCUT2D eigenvalue weighted by molar-refractivity contribution is 6.30. The molecule has 0 aliphatic rings. The Balaban J connectivity index is 2.17. The summed E-state index contributed by atoms with van der Waals surface area (Å²) in [5.74, 6) is 0.00349. The molecule has 4 heteroatoms. The molecule has 2 N–H and O–H groups in total. The zero-order valence-corrected chi connectivity index (χ0v) is 12.7. The topological polar surface area (TPSA) is 35.2 Å². The Labute approximate surface area is 129 Å². The lowest BCUT2D eigenvalue weighted by atomic mass is 9.92. The summed E-state index contributed by atoms with van der Waals surface area (Å²) in [5, 5.41) is 0.704. The van der Waals surface area contributed by atoms with Gasteiger partial charge in [0.1, 0.15) is 0 Å². The quantitative estimate of drug-likeness (QED) is 0.869. The monoisotopic (exact) mass is 307 g/mol. The second-order valence-corrected chi connectivity index (χ2v) is 5.32. The van der Waals surface area contributed by atoms with Crippen LogP contribution in [0.5, 0.6) is 5.75 Å². The first-order valence-corrected chi connectivity index (χ1v) is 7.38. The summed E-state index contributed by atoms with van der Waals surface area (Å²) in [6.45, 7) is 2.73. The smallest absolute Gasteiger partial charge is 0.165 e. The molecule has 0 amide bonds. The molecule has 0 radical (unpaired) electrons. The predicted molar refractivity (Wildman–Crippen MR) is 84.5 cm³/mol. The van der Waals surface area contributed by atoms with Crippen molar-refractivity contribution < 1.29 is 9.13 Å². The van der Waals surface area contributed by atoms with Crippen LogP contribution in [0.4, 0.5) is 4.39 Å². The van der Waals surface area contributed by atoms with Crippen LogP contribution in [-0.4, -0.2) is 13.2 Å². The Morgan fingerprint density at radius 2 is 1.90 bits per heavy atom. The van der Waals surface area contributed by atoms with Crippen molar-refractivity contribution in [3.8, 4) is 5.75 Å². The van der Waals surface area contributed by atoms with Crippen LogP contribution in [0, 0.1) is 5.82 Å². The van der Waals surface area contributed by atoms with Crippen molar-refractivity contribution >= 4 is 11.6 Å². The normalized spacial score (nSPS) is 12.2. The molecule has 1 unspecified atom stereocenters. The molecule has 0 saturated heterocycles. The number of nitrogens with two attached hydrogens (primary N) is 1. The first-order chi connectivity index (χ1) is 10.1. The van der Waals surface area contributed by atoms with Crippen LogP contribution in [0.3, 0.4) is 0 Å². The third-order valence-electron chi connectivity index (χ3n) is 3.41. The molecule has 2 aromatic rings. The van der Waals surface area contributed by atoms with Gasteiger partial charge < -0.3 is 10.5 Å². The van der Waals surface area contributed by atoms with Gasteiger partial charge in [0.15, 0.2) is 11.6 Å². The lowest BCUT2D eigenvalue weighted by molar-refractivity contribution is 0.321. The van der Waals surface area contributed by atoms with Crippen molar-refractivity contribution in [2.24, 2.45) is 5.73 Å². The van der Waals surface area contributed by atoms with Gasteiger partial charge in [-0.2, -0.15) is 0 Å². The zero-order valence-electron chi connectivity index (χ0n) is 12.0. The van der Waals surface area contributed by atoms with E-state index in [1.165, 1.54) is 6.07 Å². The second-order valence-electron chi connectivity index (χ2n) is 4.89. The lowest BCUT2D eigenvalue weighted by Crippen LogP contribution is -2.15. The number of rotatable bonds is 6. The van der Waals surface area contributed by atoms with Gasteiger partial charge in [0.25, 0.3) is 0 Å². The van der Waals surface area contributed by atoms with Gasteiger partial charge in [-0.25, -0.2) is 4.39 Å². The Kier molecular flexibility index (Phi) is 5.59. The van der Waals surface area contributed by atoms with Crippen LogP contribution in [0.2, 0.25) is 5.02 Å². The molecule has 0 aliphatic heterocycles. The van der Waals surface area contributed by atoms with Crippen LogP contribution >= 0.6 is 11.6 Å². The predicted octanol–water partition coefficient (Wildman–Crippen LogP) is 4.16. The van der Waals surface area contributed by atoms with E-state index < -0.39 is 0 Å².